The fourth-order valence-electron chi connectivity index (χ4n) is 3.92. The molecule has 0 aliphatic heterocycles. The molecule has 2 aromatic carbocycles. The summed E-state index contributed by atoms with van der Waals surface area (Å²) in [5, 5.41) is 3.66. The molecule has 0 spiro atoms. The zero-order valence-corrected chi connectivity index (χ0v) is 17.5. The van der Waals surface area contributed by atoms with E-state index in [1.165, 1.54) is 34.2 Å². The minimum atomic E-state index is 0.239. The van der Waals surface area contributed by atoms with E-state index in [-0.39, 0.29) is 6.04 Å². The first-order valence-corrected chi connectivity index (χ1v) is 10.5. The Kier molecular flexibility index (Phi) is 6.57. The lowest BCUT2D eigenvalue weighted by Gasteiger charge is -2.19. The topological polar surface area (TPSA) is 12.0 Å². The predicted octanol–water partition coefficient (Wildman–Crippen LogP) is 7.33. The van der Waals surface area contributed by atoms with Gasteiger partial charge in [0.15, 0.2) is 0 Å². The lowest BCUT2D eigenvalue weighted by Crippen LogP contribution is -2.19. The number of allylic oxidation sites excluding steroid dienone is 4. The second-order valence-corrected chi connectivity index (χ2v) is 8.03. The van der Waals surface area contributed by atoms with Crippen LogP contribution in [0.1, 0.15) is 67.3 Å². The summed E-state index contributed by atoms with van der Waals surface area (Å²) in [5.74, 6) is 1.16. The van der Waals surface area contributed by atoms with Crippen LogP contribution in [0.4, 0.5) is 0 Å². The summed E-state index contributed by atoms with van der Waals surface area (Å²) in [6, 6.07) is 17.9. The third-order valence-corrected chi connectivity index (χ3v) is 5.70. The lowest BCUT2D eigenvalue weighted by atomic mass is 9.98. The molecule has 1 fully saturated rings. The number of aryl methyl sites for hydroxylation is 1. The van der Waals surface area contributed by atoms with Gasteiger partial charge in [0.05, 0.1) is 0 Å². The number of rotatable bonds is 9. The average molecular weight is 372 g/mol. The van der Waals surface area contributed by atoms with Crippen LogP contribution in [0.15, 0.2) is 79.5 Å². The number of hydrogen-bond donors (Lipinski definition) is 1. The fraction of sp³-hybridized carbons (Fsp3) is 0.333. The summed E-state index contributed by atoms with van der Waals surface area (Å²) >= 11 is 0. The second kappa shape index (κ2) is 9.10. The highest BCUT2D eigenvalue weighted by Gasteiger charge is 2.40. The molecule has 1 N–H and O–H groups in total. The van der Waals surface area contributed by atoms with Gasteiger partial charge >= 0.3 is 0 Å². The molecule has 3 atom stereocenters. The van der Waals surface area contributed by atoms with E-state index in [0.717, 1.165) is 18.5 Å². The van der Waals surface area contributed by atoms with Gasteiger partial charge < -0.3 is 5.32 Å². The molecule has 0 amide bonds. The van der Waals surface area contributed by atoms with Crippen molar-refractivity contribution < 1.29 is 0 Å². The van der Waals surface area contributed by atoms with Crippen molar-refractivity contribution in [3.63, 3.8) is 0 Å². The van der Waals surface area contributed by atoms with E-state index < -0.39 is 0 Å². The summed E-state index contributed by atoms with van der Waals surface area (Å²) in [7, 11) is 0. The van der Waals surface area contributed by atoms with Gasteiger partial charge in [-0.1, -0.05) is 86.7 Å². The van der Waals surface area contributed by atoms with Crippen molar-refractivity contribution in [2.45, 2.75) is 52.0 Å². The van der Waals surface area contributed by atoms with Crippen molar-refractivity contribution in [2.75, 3.05) is 0 Å². The van der Waals surface area contributed by atoms with Gasteiger partial charge in [0, 0.05) is 17.7 Å². The molecule has 3 rings (SSSR count). The smallest absolute Gasteiger partial charge is 0.0482 e. The summed E-state index contributed by atoms with van der Waals surface area (Å²) in [6.07, 6.45) is 7.67. The summed E-state index contributed by atoms with van der Waals surface area (Å²) in [4.78, 5) is 0. The molecule has 1 saturated carbocycles. The van der Waals surface area contributed by atoms with Crippen molar-refractivity contribution in [1.82, 2.24) is 5.32 Å². The van der Waals surface area contributed by atoms with Gasteiger partial charge in [-0.05, 0) is 60.9 Å². The van der Waals surface area contributed by atoms with Gasteiger partial charge in [-0.2, -0.15) is 0 Å². The Morgan fingerprint density at radius 1 is 1.21 bits per heavy atom. The Balaban J connectivity index is 1.65. The number of benzene rings is 2. The first kappa shape index (κ1) is 20.2. The first-order chi connectivity index (χ1) is 13.5. The predicted molar refractivity (Wildman–Crippen MR) is 122 cm³/mol. The zero-order chi connectivity index (χ0) is 20.1. The molecule has 0 saturated heterocycles. The summed E-state index contributed by atoms with van der Waals surface area (Å²) in [6.45, 7) is 14.9. The first-order valence-electron chi connectivity index (χ1n) is 10.5. The number of nitrogens with one attached hydrogen (secondary N) is 1. The van der Waals surface area contributed by atoms with Gasteiger partial charge in [-0.25, -0.2) is 0 Å². The molecule has 3 unspecified atom stereocenters. The third kappa shape index (κ3) is 4.84. The van der Waals surface area contributed by atoms with Crippen LogP contribution in [0.2, 0.25) is 0 Å². The molecule has 1 aliphatic rings. The summed E-state index contributed by atoms with van der Waals surface area (Å²) < 4.78 is 0. The highest BCUT2D eigenvalue weighted by Crippen LogP contribution is 2.51. The molecule has 1 heteroatoms. The van der Waals surface area contributed by atoms with Gasteiger partial charge in [0.1, 0.15) is 0 Å². The Hall–Kier alpha value is -2.54. The fourth-order valence-corrected chi connectivity index (χ4v) is 3.92. The van der Waals surface area contributed by atoms with Gasteiger partial charge in [0.2, 0.25) is 0 Å². The van der Waals surface area contributed by atoms with Gasteiger partial charge in [0.25, 0.3) is 0 Å². The van der Waals surface area contributed by atoms with Crippen molar-refractivity contribution in [1.29, 1.82) is 0 Å². The summed E-state index contributed by atoms with van der Waals surface area (Å²) in [5.41, 5.74) is 7.69. The van der Waals surface area contributed by atoms with E-state index in [4.69, 9.17) is 0 Å². The average Bonchev–Trinajstić information content (AvgIpc) is 3.50. The van der Waals surface area contributed by atoms with Crippen LogP contribution in [-0.4, -0.2) is 0 Å². The van der Waals surface area contributed by atoms with E-state index in [9.17, 15) is 0 Å². The maximum Gasteiger partial charge on any atom is 0.0482 e. The molecule has 0 aromatic heterocycles. The Morgan fingerprint density at radius 3 is 2.71 bits per heavy atom. The van der Waals surface area contributed by atoms with E-state index >= 15 is 0 Å². The van der Waals surface area contributed by atoms with Crippen molar-refractivity contribution in [2.24, 2.45) is 5.92 Å². The molecular formula is C27H33N. The van der Waals surface area contributed by atoms with Crippen LogP contribution < -0.4 is 5.32 Å². The van der Waals surface area contributed by atoms with Crippen LogP contribution in [0.25, 0.3) is 5.57 Å². The minimum absolute atomic E-state index is 0.239. The van der Waals surface area contributed by atoms with Gasteiger partial charge in [-0.15, -0.1) is 0 Å². The van der Waals surface area contributed by atoms with Crippen molar-refractivity contribution in [3.8, 4) is 0 Å². The highest BCUT2D eigenvalue weighted by molar-refractivity contribution is 5.73. The molecule has 0 heterocycles. The number of hydrogen-bond acceptors (Lipinski definition) is 1. The molecule has 1 aliphatic carbocycles. The van der Waals surface area contributed by atoms with Crippen LogP contribution in [0, 0.1) is 12.8 Å². The monoisotopic (exact) mass is 371 g/mol. The normalized spacial score (nSPS) is 19.8. The van der Waals surface area contributed by atoms with Gasteiger partial charge in [-0.3, -0.25) is 0 Å². The third-order valence-electron chi connectivity index (χ3n) is 5.70. The van der Waals surface area contributed by atoms with Crippen molar-refractivity contribution in [3.05, 3.63) is 102 Å². The van der Waals surface area contributed by atoms with E-state index in [2.05, 4.69) is 93.9 Å². The SMILES string of the molecule is C=C/C(=C\CCC)c1cccc(C(C)NC(=C)C2CC2c2cccc(C)c2)c1. The largest absolute Gasteiger partial charge is 0.382 e. The molecule has 146 valence electrons. The van der Waals surface area contributed by atoms with E-state index in [1.807, 2.05) is 6.08 Å². The standard InChI is InChI=1S/C27H33N/c1-6-8-12-22(7-2)24-14-10-13-23(17-24)20(4)28-21(5)26-18-27(26)25-15-9-11-19(3)16-25/h7,9-17,20,26-28H,2,5-6,8,18H2,1,3-4H3/b22-12+. The highest BCUT2D eigenvalue weighted by atomic mass is 14.9. The van der Waals surface area contributed by atoms with Crippen molar-refractivity contribution >= 4 is 5.57 Å². The Labute approximate surface area is 170 Å². The Bertz CT molecular complexity index is 873. The number of unbranched alkanes of at least 4 members (excludes halogenated alkanes) is 1. The van der Waals surface area contributed by atoms with Crippen LogP contribution in [0.5, 0.6) is 0 Å². The molecular weight excluding hydrogens is 338 g/mol. The molecule has 0 radical (unpaired) electrons. The second-order valence-electron chi connectivity index (χ2n) is 8.03. The Morgan fingerprint density at radius 2 is 2.00 bits per heavy atom. The van der Waals surface area contributed by atoms with E-state index in [1.54, 1.807) is 0 Å². The molecule has 2 aromatic rings. The molecule has 1 nitrogen and oxygen atoms in total. The van der Waals surface area contributed by atoms with Crippen LogP contribution >= 0.6 is 0 Å². The molecule has 28 heavy (non-hydrogen) atoms. The maximum atomic E-state index is 4.36. The lowest BCUT2D eigenvalue weighted by molar-refractivity contribution is 0.619. The quantitative estimate of drug-likeness (QED) is 0.455. The van der Waals surface area contributed by atoms with E-state index in [0.29, 0.717) is 11.8 Å². The molecule has 0 bridgehead atoms. The van der Waals surface area contributed by atoms with Crippen LogP contribution in [-0.2, 0) is 0 Å². The van der Waals surface area contributed by atoms with Crippen LogP contribution in [0.3, 0.4) is 0 Å². The minimum Gasteiger partial charge on any atom is -0.382 e. The maximum absolute atomic E-state index is 4.36. The zero-order valence-electron chi connectivity index (χ0n) is 17.5.